The largest absolute Gasteiger partial charge is 0.397 e. The highest BCUT2D eigenvalue weighted by molar-refractivity contribution is 6.33. The molecule has 0 radical (unpaired) electrons. The van der Waals surface area contributed by atoms with Crippen molar-refractivity contribution in [3.63, 3.8) is 0 Å². The molecular weight excluding hydrogens is 288 g/mol. The summed E-state index contributed by atoms with van der Waals surface area (Å²) in [6, 6.07) is 9.24. The lowest BCUT2D eigenvalue weighted by molar-refractivity contribution is 0.629. The number of nitrogens with two attached hydrogens (primary N) is 1. The molecule has 0 unspecified atom stereocenters. The highest BCUT2D eigenvalue weighted by Gasteiger charge is 2.08. The van der Waals surface area contributed by atoms with E-state index in [0.29, 0.717) is 22.0 Å². The van der Waals surface area contributed by atoms with Gasteiger partial charge >= 0.3 is 0 Å². The average molecular weight is 296 g/mol. The van der Waals surface area contributed by atoms with Crippen molar-refractivity contribution in [3.8, 4) is 6.07 Å². The fourth-order valence-corrected chi connectivity index (χ4v) is 1.89. The fraction of sp³-hybridized carbons (Fsp3) is 0. The summed E-state index contributed by atoms with van der Waals surface area (Å²) in [4.78, 5) is 0. The molecule has 19 heavy (non-hydrogen) atoms. The summed E-state index contributed by atoms with van der Waals surface area (Å²) in [5, 5.41) is 12.0. The maximum absolute atomic E-state index is 13.2. The molecule has 0 amide bonds. The minimum atomic E-state index is -0.587. The first-order valence-electron chi connectivity index (χ1n) is 5.22. The summed E-state index contributed by atoms with van der Waals surface area (Å²) in [6.07, 6.45) is 0. The van der Waals surface area contributed by atoms with Gasteiger partial charge in [0.25, 0.3) is 0 Å². The first-order valence-corrected chi connectivity index (χ1v) is 5.98. The molecule has 0 fully saturated rings. The van der Waals surface area contributed by atoms with Gasteiger partial charge in [0.1, 0.15) is 5.82 Å². The molecule has 2 aromatic carbocycles. The van der Waals surface area contributed by atoms with Crippen LogP contribution in [-0.4, -0.2) is 0 Å². The fourth-order valence-electron chi connectivity index (χ4n) is 1.50. The van der Waals surface area contributed by atoms with Crippen LogP contribution in [-0.2, 0) is 0 Å². The average Bonchev–Trinajstić information content (AvgIpc) is 2.38. The van der Waals surface area contributed by atoms with Crippen molar-refractivity contribution in [3.05, 3.63) is 51.8 Å². The Morgan fingerprint density at radius 3 is 2.47 bits per heavy atom. The zero-order chi connectivity index (χ0) is 14.0. The number of rotatable bonds is 2. The quantitative estimate of drug-likeness (QED) is 0.811. The van der Waals surface area contributed by atoms with Crippen LogP contribution in [0.15, 0.2) is 30.3 Å². The molecule has 0 atom stereocenters. The van der Waals surface area contributed by atoms with Crippen molar-refractivity contribution in [1.82, 2.24) is 0 Å². The number of anilines is 3. The first-order chi connectivity index (χ1) is 9.01. The summed E-state index contributed by atoms with van der Waals surface area (Å²) in [5.41, 5.74) is 7.34. The standard InChI is InChI=1S/C13H8Cl2FN3/c14-8-4-13(11(18)5-10(8)16)19-12-2-1-7(6-17)3-9(12)15/h1-5,19H,18H2. The first kappa shape index (κ1) is 13.5. The van der Waals surface area contributed by atoms with Gasteiger partial charge in [-0.2, -0.15) is 5.26 Å². The van der Waals surface area contributed by atoms with Gasteiger partial charge < -0.3 is 11.1 Å². The highest BCUT2D eigenvalue weighted by atomic mass is 35.5. The van der Waals surface area contributed by atoms with Gasteiger partial charge in [-0.05, 0) is 24.3 Å². The molecule has 3 N–H and O–H groups in total. The number of nitrogens with zero attached hydrogens (tertiary/aromatic N) is 1. The van der Waals surface area contributed by atoms with Crippen LogP contribution < -0.4 is 11.1 Å². The second-order valence-corrected chi connectivity index (χ2v) is 4.60. The molecule has 0 bridgehead atoms. The Bertz CT molecular complexity index is 680. The van der Waals surface area contributed by atoms with Gasteiger partial charge in [0.2, 0.25) is 0 Å². The number of nitrogen functional groups attached to an aromatic ring is 1. The monoisotopic (exact) mass is 295 g/mol. The van der Waals surface area contributed by atoms with Gasteiger partial charge in [-0.15, -0.1) is 0 Å². The van der Waals surface area contributed by atoms with E-state index in [-0.39, 0.29) is 10.7 Å². The van der Waals surface area contributed by atoms with Gasteiger partial charge in [-0.3, -0.25) is 0 Å². The maximum atomic E-state index is 13.2. The molecule has 0 aliphatic carbocycles. The number of benzene rings is 2. The minimum absolute atomic E-state index is 0.0403. The maximum Gasteiger partial charge on any atom is 0.143 e. The second-order valence-electron chi connectivity index (χ2n) is 3.78. The number of hydrogen-bond acceptors (Lipinski definition) is 3. The van der Waals surface area contributed by atoms with E-state index in [1.165, 1.54) is 12.1 Å². The molecule has 0 heterocycles. The third-order valence-corrected chi connectivity index (χ3v) is 3.06. The second kappa shape index (κ2) is 5.35. The Morgan fingerprint density at radius 1 is 1.11 bits per heavy atom. The molecule has 0 saturated heterocycles. The Morgan fingerprint density at radius 2 is 1.84 bits per heavy atom. The lowest BCUT2D eigenvalue weighted by Gasteiger charge is -2.11. The number of nitriles is 1. The van der Waals surface area contributed by atoms with E-state index >= 15 is 0 Å². The molecule has 2 aromatic rings. The van der Waals surface area contributed by atoms with E-state index < -0.39 is 5.82 Å². The van der Waals surface area contributed by atoms with Crippen LogP contribution in [0.2, 0.25) is 10.0 Å². The van der Waals surface area contributed by atoms with Gasteiger partial charge in [0, 0.05) is 6.07 Å². The lowest BCUT2D eigenvalue weighted by Crippen LogP contribution is -1.98. The number of nitrogens with one attached hydrogen (secondary N) is 1. The van der Waals surface area contributed by atoms with Crippen LogP contribution in [0.3, 0.4) is 0 Å². The normalized spacial score (nSPS) is 10.0. The third-order valence-electron chi connectivity index (χ3n) is 2.46. The molecule has 0 aromatic heterocycles. The Balaban J connectivity index is 2.37. The molecule has 0 aliphatic rings. The van der Waals surface area contributed by atoms with Crippen molar-refractivity contribution in [2.24, 2.45) is 0 Å². The molecule has 6 heteroatoms. The van der Waals surface area contributed by atoms with E-state index in [1.54, 1.807) is 12.1 Å². The lowest BCUT2D eigenvalue weighted by atomic mass is 10.2. The van der Waals surface area contributed by atoms with E-state index in [0.717, 1.165) is 6.07 Å². The Hall–Kier alpha value is -1.96. The molecule has 0 saturated carbocycles. The predicted octanol–water partition coefficient (Wildman–Crippen LogP) is 4.33. The van der Waals surface area contributed by atoms with Crippen molar-refractivity contribution < 1.29 is 4.39 Å². The number of halogens is 3. The van der Waals surface area contributed by atoms with E-state index in [2.05, 4.69) is 5.32 Å². The van der Waals surface area contributed by atoms with Crippen LogP contribution in [0.5, 0.6) is 0 Å². The zero-order valence-electron chi connectivity index (χ0n) is 9.55. The van der Waals surface area contributed by atoms with Crippen molar-refractivity contribution in [2.75, 3.05) is 11.1 Å². The zero-order valence-corrected chi connectivity index (χ0v) is 11.1. The van der Waals surface area contributed by atoms with Gasteiger partial charge in [0.15, 0.2) is 0 Å². The highest BCUT2D eigenvalue weighted by Crippen LogP contribution is 2.32. The Labute approximate surface area is 119 Å². The molecule has 2 rings (SSSR count). The predicted molar refractivity (Wildman–Crippen MR) is 75.3 cm³/mol. The van der Waals surface area contributed by atoms with Crippen molar-refractivity contribution in [2.45, 2.75) is 0 Å². The van der Waals surface area contributed by atoms with E-state index in [9.17, 15) is 4.39 Å². The number of hydrogen-bond donors (Lipinski definition) is 2. The summed E-state index contributed by atoms with van der Waals surface area (Å²) < 4.78 is 13.2. The summed E-state index contributed by atoms with van der Waals surface area (Å²) in [6.45, 7) is 0. The minimum Gasteiger partial charge on any atom is -0.397 e. The molecule has 0 aliphatic heterocycles. The molecule has 0 spiro atoms. The smallest absolute Gasteiger partial charge is 0.143 e. The van der Waals surface area contributed by atoms with Crippen LogP contribution in [0.25, 0.3) is 0 Å². The van der Waals surface area contributed by atoms with Gasteiger partial charge in [-0.1, -0.05) is 23.2 Å². The Kier molecular flexibility index (Phi) is 3.79. The van der Waals surface area contributed by atoms with Crippen LogP contribution in [0.4, 0.5) is 21.5 Å². The van der Waals surface area contributed by atoms with Gasteiger partial charge in [0.05, 0.1) is 38.7 Å². The summed E-state index contributed by atoms with van der Waals surface area (Å²) >= 11 is 11.7. The SMILES string of the molecule is N#Cc1ccc(Nc2cc(Cl)c(F)cc2N)c(Cl)c1. The summed E-state index contributed by atoms with van der Waals surface area (Å²) in [7, 11) is 0. The molecule has 3 nitrogen and oxygen atoms in total. The third kappa shape index (κ3) is 2.90. The van der Waals surface area contributed by atoms with E-state index in [1.807, 2.05) is 6.07 Å². The van der Waals surface area contributed by atoms with Gasteiger partial charge in [-0.25, -0.2) is 4.39 Å². The van der Waals surface area contributed by atoms with Crippen LogP contribution in [0.1, 0.15) is 5.56 Å². The van der Waals surface area contributed by atoms with E-state index in [4.69, 9.17) is 34.2 Å². The van der Waals surface area contributed by atoms with Crippen LogP contribution >= 0.6 is 23.2 Å². The van der Waals surface area contributed by atoms with Crippen LogP contribution in [0, 0.1) is 17.1 Å². The molecule has 96 valence electrons. The van der Waals surface area contributed by atoms with Crippen molar-refractivity contribution >= 4 is 40.3 Å². The topological polar surface area (TPSA) is 61.8 Å². The molecular formula is C13H8Cl2FN3. The van der Waals surface area contributed by atoms with Crippen molar-refractivity contribution in [1.29, 1.82) is 5.26 Å². The summed E-state index contributed by atoms with van der Waals surface area (Å²) in [5.74, 6) is -0.587.